The summed E-state index contributed by atoms with van der Waals surface area (Å²) in [5.41, 5.74) is 0. The molecule has 0 amide bonds. The largest absolute Gasteiger partial charge is 0.469 e. The average molecular weight is 283 g/mol. The number of benzene rings is 1. The normalized spacial score (nSPS) is 11.5. The summed E-state index contributed by atoms with van der Waals surface area (Å²) >= 11 is 0. The predicted octanol–water partition coefficient (Wildman–Crippen LogP) is 0.450. The van der Waals surface area contributed by atoms with Gasteiger partial charge in [0.05, 0.1) is 11.5 Å². The Hall–Kier alpha value is -0.760. The lowest BCUT2D eigenvalue weighted by atomic mass is 10.4. The quantitative estimate of drug-likeness (QED) is 0.691. The van der Waals surface area contributed by atoms with Crippen LogP contribution < -0.4 is 5.14 Å². The molecule has 0 spiro atoms. The van der Waals surface area contributed by atoms with Crippen LogP contribution in [-0.4, -0.2) is 24.8 Å². The van der Waals surface area contributed by atoms with E-state index in [1.807, 2.05) is 0 Å². The van der Waals surface area contributed by atoms with Crippen molar-refractivity contribution in [3.05, 3.63) is 30.3 Å². The van der Waals surface area contributed by atoms with Crippen molar-refractivity contribution in [2.45, 2.75) is 11.8 Å². The lowest BCUT2D eigenvalue weighted by Gasteiger charge is -1.98. The molecule has 7 nitrogen and oxygen atoms in total. The number of phosphoric acid groups is 1. The lowest BCUT2D eigenvalue weighted by molar-refractivity contribution is 0.206. The van der Waals surface area contributed by atoms with Gasteiger partial charge in [0, 0.05) is 0 Å². The van der Waals surface area contributed by atoms with E-state index in [9.17, 15) is 13.0 Å². The summed E-state index contributed by atoms with van der Waals surface area (Å²) < 4.78 is 34.8. The van der Waals surface area contributed by atoms with Gasteiger partial charge in [0.25, 0.3) is 0 Å². The summed E-state index contributed by atoms with van der Waals surface area (Å²) in [6.45, 7) is 1.56. The van der Waals surface area contributed by atoms with Crippen LogP contribution in [0, 0.1) is 0 Å². The maximum absolute atomic E-state index is 10.6. The summed E-state index contributed by atoms with van der Waals surface area (Å²) in [5.74, 6) is 0. The van der Waals surface area contributed by atoms with Gasteiger partial charge in [-0.2, -0.15) is 0 Å². The molecular weight excluding hydrogens is 269 g/mol. The van der Waals surface area contributed by atoms with Gasteiger partial charge in [0.1, 0.15) is 0 Å². The van der Waals surface area contributed by atoms with Crippen molar-refractivity contribution < 1.29 is 27.3 Å². The minimum absolute atomic E-state index is 0.0459. The molecule has 0 radical (unpaired) electrons. The number of nitrogens with two attached hydrogens (primary N) is 1. The molecule has 0 aliphatic rings. The number of hydrogen-bond donors (Lipinski definition) is 3. The fourth-order valence-corrected chi connectivity index (χ4v) is 1.65. The molecule has 0 aliphatic heterocycles. The van der Waals surface area contributed by atoms with Crippen molar-refractivity contribution in [1.29, 1.82) is 0 Å². The second kappa shape index (κ2) is 6.85. The molecule has 0 unspecified atom stereocenters. The molecular formula is C8H14NO6PS. The molecule has 0 bridgehead atoms. The minimum atomic E-state index is -4.17. The van der Waals surface area contributed by atoms with Crippen LogP contribution in [0.3, 0.4) is 0 Å². The standard InChI is InChI=1S/C6H7NO2S.C2H7O4P/c7-10(8,9)6-4-2-1-3-5-6;1-2-6-7(3,4)5/h1-5H,(H2,7,8,9);2H2,1H3,(H2,3,4,5). The topological polar surface area (TPSA) is 127 Å². The molecule has 0 aromatic heterocycles. The van der Waals surface area contributed by atoms with Crippen molar-refractivity contribution >= 4 is 17.8 Å². The monoisotopic (exact) mass is 283 g/mol. The van der Waals surface area contributed by atoms with Gasteiger partial charge in [-0.25, -0.2) is 18.1 Å². The molecule has 4 N–H and O–H groups in total. The summed E-state index contributed by atoms with van der Waals surface area (Å²) in [6.07, 6.45) is 0. The summed E-state index contributed by atoms with van der Waals surface area (Å²) in [4.78, 5) is 16.0. The second-order valence-electron chi connectivity index (χ2n) is 2.77. The molecule has 98 valence electrons. The van der Waals surface area contributed by atoms with Gasteiger partial charge in [-0.1, -0.05) is 18.2 Å². The Morgan fingerprint density at radius 1 is 1.29 bits per heavy atom. The van der Waals surface area contributed by atoms with Crippen LogP contribution >= 0.6 is 7.82 Å². The van der Waals surface area contributed by atoms with Gasteiger partial charge < -0.3 is 9.79 Å². The SMILES string of the molecule is CCOP(=O)(O)O.NS(=O)(=O)c1ccccc1. The minimum Gasteiger partial charge on any atom is -0.303 e. The van der Waals surface area contributed by atoms with Gasteiger partial charge in [-0.3, -0.25) is 4.52 Å². The second-order valence-corrected chi connectivity index (χ2v) is 5.57. The van der Waals surface area contributed by atoms with Crippen LogP contribution in [0.2, 0.25) is 0 Å². The van der Waals surface area contributed by atoms with Crippen LogP contribution in [0.15, 0.2) is 35.2 Å². The van der Waals surface area contributed by atoms with Gasteiger partial charge >= 0.3 is 7.82 Å². The van der Waals surface area contributed by atoms with E-state index in [-0.39, 0.29) is 11.5 Å². The van der Waals surface area contributed by atoms with E-state index in [1.165, 1.54) is 19.1 Å². The predicted molar refractivity (Wildman–Crippen MR) is 61.5 cm³/mol. The Bertz CT molecular complexity index is 468. The first-order valence-electron chi connectivity index (χ1n) is 4.44. The zero-order valence-corrected chi connectivity index (χ0v) is 10.8. The van der Waals surface area contributed by atoms with Crippen LogP contribution in [-0.2, 0) is 19.1 Å². The lowest BCUT2D eigenvalue weighted by Crippen LogP contribution is -2.11. The molecule has 0 atom stereocenters. The Kier molecular flexibility index (Phi) is 6.54. The van der Waals surface area contributed by atoms with Crippen LogP contribution in [0.25, 0.3) is 0 Å². The summed E-state index contributed by atoms with van der Waals surface area (Å²) in [5, 5.41) is 4.83. The number of sulfonamides is 1. The van der Waals surface area contributed by atoms with Crippen molar-refractivity contribution in [1.82, 2.24) is 0 Å². The number of phosphoric ester groups is 1. The van der Waals surface area contributed by atoms with E-state index in [1.54, 1.807) is 18.2 Å². The fourth-order valence-electron chi connectivity index (χ4n) is 0.778. The zero-order chi connectivity index (χ0) is 13.5. The van der Waals surface area contributed by atoms with Gasteiger partial charge in [-0.15, -0.1) is 0 Å². The van der Waals surface area contributed by atoms with Crippen LogP contribution in [0.1, 0.15) is 6.92 Å². The molecule has 9 heteroatoms. The Morgan fingerprint density at radius 2 is 1.76 bits per heavy atom. The molecule has 0 aliphatic carbocycles. The van der Waals surface area contributed by atoms with Crippen molar-refractivity contribution in [3.8, 4) is 0 Å². The number of rotatable bonds is 3. The first kappa shape index (κ1) is 16.2. The summed E-state index contributed by atoms with van der Waals surface area (Å²) in [6, 6.07) is 7.89. The van der Waals surface area contributed by atoms with E-state index < -0.39 is 17.8 Å². The smallest absolute Gasteiger partial charge is 0.303 e. The zero-order valence-electron chi connectivity index (χ0n) is 9.05. The maximum atomic E-state index is 10.6. The Morgan fingerprint density at radius 3 is 1.94 bits per heavy atom. The molecule has 0 saturated carbocycles. The highest BCUT2D eigenvalue weighted by molar-refractivity contribution is 7.89. The molecule has 17 heavy (non-hydrogen) atoms. The van der Waals surface area contributed by atoms with Crippen molar-refractivity contribution in [2.75, 3.05) is 6.61 Å². The van der Waals surface area contributed by atoms with Crippen LogP contribution in [0.5, 0.6) is 0 Å². The molecule has 1 aromatic carbocycles. The molecule has 0 saturated heterocycles. The molecule has 1 rings (SSSR count). The third kappa shape index (κ3) is 8.99. The highest BCUT2D eigenvalue weighted by atomic mass is 32.2. The molecule has 0 fully saturated rings. The maximum Gasteiger partial charge on any atom is 0.469 e. The first-order chi connectivity index (χ1) is 7.67. The first-order valence-corrected chi connectivity index (χ1v) is 7.52. The summed E-state index contributed by atoms with van der Waals surface area (Å²) in [7, 11) is -7.67. The van der Waals surface area contributed by atoms with Gasteiger partial charge in [-0.05, 0) is 19.1 Å². The molecule has 1 aromatic rings. The number of primary sulfonamides is 1. The number of hydrogen-bond acceptors (Lipinski definition) is 4. The van der Waals surface area contributed by atoms with Gasteiger partial charge in [0.2, 0.25) is 10.0 Å². The fraction of sp³-hybridized carbons (Fsp3) is 0.250. The third-order valence-corrected chi connectivity index (χ3v) is 2.89. The third-order valence-electron chi connectivity index (χ3n) is 1.37. The highest BCUT2D eigenvalue weighted by Crippen LogP contribution is 2.34. The van der Waals surface area contributed by atoms with E-state index >= 15 is 0 Å². The van der Waals surface area contributed by atoms with Crippen LogP contribution in [0.4, 0.5) is 0 Å². The highest BCUT2D eigenvalue weighted by Gasteiger charge is 2.10. The van der Waals surface area contributed by atoms with Crippen molar-refractivity contribution in [3.63, 3.8) is 0 Å². The van der Waals surface area contributed by atoms with E-state index in [4.69, 9.17) is 14.9 Å². The Labute approximate surface area is 99.5 Å². The average Bonchev–Trinajstić information content (AvgIpc) is 2.17. The van der Waals surface area contributed by atoms with Gasteiger partial charge in [0.15, 0.2) is 0 Å². The Balaban J connectivity index is 0.000000325. The van der Waals surface area contributed by atoms with E-state index in [0.29, 0.717) is 0 Å². The van der Waals surface area contributed by atoms with Crippen molar-refractivity contribution in [2.24, 2.45) is 5.14 Å². The molecule has 0 heterocycles. The van der Waals surface area contributed by atoms with E-state index in [2.05, 4.69) is 4.52 Å². The van der Waals surface area contributed by atoms with E-state index in [0.717, 1.165) is 0 Å².